The van der Waals surface area contributed by atoms with Gasteiger partial charge in [0.25, 0.3) is 0 Å². The van der Waals surface area contributed by atoms with Gasteiger partial charge in [-0.15, -0.1) is 0 Å². The molecule has 0 saturated carbocycles. The first-order valence-electron chi connectivity index (χ1n) is 8.50. The minimum absolute atomic E-state index is 0.528. The van der Waals surface area contributed by atoms with Crippen LogP contribution in [0.4, 0.5) is 0 Å². The second-order valence-corrected chi connectivity index (χ2v) is 6.77. The lowest BCUT2D eigenvalue weighted by Crippen LogP contribution is -2.23. The standard InChI is InChI=1S/C17H25N5/c1-3-21-10-7-14(12-21)22-16(13-6-9-20(2)11-13)19-15-5-4-8-18-17(15)22/h4-5,8,13-14H,3,6-7,9-12H2,1-2H3. The molecule has 0 spiro atoms. The van der Waals surface area contributed by atoms with E-state index in [0.29, 0.717) is 12.0 Å². The molecule has 0 bridgehead atoms. The van der Waals surface area contributed by atoms with Crippen LogP contribution in [0.15, 0.2) is 18.3 Å². The molecule has 2 aromatic heterocycles. The molecule has 2 aromatic rings. The van der Waals surface area contributed by atoms with Crippen molar-refractivity contribution in [3.8, 4) is 0 Å². The number of imidazole rings is 1. The highest BCUT2D eigenvalue weighted by Gasteiger charge is 2.32. The Morgan fingerprint density at radius 2 is 2.14 bits per heavy atom. The monoisotopic (exact) mass is 299 g/mol. The van der Waals surface area contributed by atoms with Crippen molar-refractivity contribution in [3.05, 3.63) is 24.2 Å². The van der Waals surface area contributed by atoms with E-state index in [4.69, 9.17) is 4.98 Å². The number of pyridine rings is 1. The van der Waals surface area contributed by atoms with E-state index < -0.39 is 0 Å². The third-order valence-electron chi connectivity index (χ3n) is 5.29. The summed E-state index contributed by atoms with van der Waals surface area (Å²) in [5, 5.41) is 0. The molecule has 0 radical (unpaired) electrons. The molecule has 0 N–H and O–H groups in total. The predicted octanol–water partition coefficient (Wildman–Crippen LogP) is 2.12. The summed E-state index contributed by atoms with van der Waals surface area (Å²) in [7, 11) is 2.21. The number of fused-ring (bicyclic) bond motifs is 1. The van der Waals surface area contributed by atoms with Crippen molar-refractivity contribution >= 4 is 11.2 Å². The number of hydrogen-bond acceptors (Lipinski definition) is 4. The van der Waals surface area contributed by atoms with Crippen molar-refractivity contribution < 1.29 is 0 Å². The molecule has 5 heteroatoms. The lowest BCUT2D eigenvalue weighted by molar-refractivity contribution is 0.339. The molecule has 4 heterocycles. The van der Waals surface area contributed by atoms with Gasteiger partial charge in [-0.05, 0) is 45.1 Å². The van der Waals surface area contributed by atoms with Crippen LogP contribution in [0.3, 0.4) is 0 Å². The Morgan fingerprint density at radius 1 is 1.23 bits per heavy atom. The Morgan fingerprint density at radius 3 is 2.86 bits per heavy atom. The van der Waals surface area contributed by atoms with Crippen molar-refractivity contribution in [2.75, 3.05) is 39.8 Å². The average Bonchev–Trinajstić information content (AvgIpc) is 3.23. The van der Waals surface area contributed by atoms with Crippen molar-refractivity contribution in [2.24, 2.45) is 0 Å². The third-order valence-corrected chi connectivity index (χ3v) is 5.29. The van der Waals surface area contributed by atoms with Gasteiger partial charge in [-0.25, -0.2) is 9.97 Å². The zero-order valence-electron chi connectivity index (χ0n) is 13.6. The number of rotatable bonds is 3. The SMILES string of the molecule is CCN1CCC(n2c(C3CCN(C)C3)nc3cccnc32)C1. The number of hydrogen-bond donors (Lipinski definition) is 0. The normalized spacial score (nSPS) is 27.2. The van der Waals surface area contributed by atoms with E-state index in [-0.39, 0.29) is 0 Å². The molecular formula is C17H25N5. The van der Waals surface area contributed by atoms with Crippen LogP contribution in [-0.2, 0) is 0 Å². The van der Waals surface area contributed by atoms with E-state index in [1.165, 1.54) is 31.8 Å². The molecule has 2 unspecified atom stereocenters. The smallest absolute Gasteiger partial charge is 0.160 e. The predicted molar refractivity (Wildman–Crippen MR) is 88.2 cm³/mol. The van der Waals surface area contributed by atoms with Crippen LogP contribution < -0.4 is 0 Å². The van der Waals surface area contributed by atoms with Crippen molar-refractivity contribution in [1.82, 2.24) is 24.3 Å². The first kappa shape index (κ1) is 14.2. The Labute approximate surface area is 131 Å². The molecule has 22 heavy (non-hydrogen) atoms. The van der Waals surface area contributed by atoms with Gasteiger partial charge in [0.15, 0.2) is 5.65 Å². The number of aromatic nitrogens is 3. The van der Waals surface area contributed by atoms with Crippen LogP contribution in [0, 0.1) is 0 Å². The van der Waals surface area contributed by atoms with Crippen LogP contribution >= 0.6 is 0 Å². The molecular weight excluding hydrogens is 274 g/mol. The van der Waals surface area contributed by atoms with Crippen molar-refractivity contribution in [3.63, 3.8) is 0 Å². The van der Waals surface area contributed by atoms with Crippen LogP contribution in [0.1, 0.15) is 37.5 Å². The van der Waals surface area contributed by atoms with Gasteiger partial charge in [0, 0.05) is 31.7 Å². The Balaban J connectivity index is 1.77. The molecule has 2 atom stereocenters. The molecule has 0 amide bonds. The minimum atomic E-state index is 0.528. The van der Waals surface area contributed by atoms with Gasteiger partial charge in [-0.3, -0.25) is 0 Å². The zero-order valence-corrected chi connectivity index (χ0v) is 13.6. The summed E-state index contributed by atoms with van der Waals surface area (Å²) in [4.78, 5) is 14.6. The van der Waals surface area contributed by atoms with Gasteiger partial charge >= 0.3 is 0 Å². The van der Waals surface area contributed by atoms with E-state index in [0.717, 1.165) is 30.8 Å². The Bertz CT molecular complexity index is 664. The van der Waals surface area contributed by atoms with Gasteiger partial charge in [0.2, 0.25) is 0 Å². The van der Waals surface area contributed by atoms with E-state index in [9.17, 15) is 0 Å². The fraction of sp³-hybridized carbons (Fsp3) is 0.647. The molecule has 2 aliphatic heterocycles. The first-order valence-corrected chi connectivity index (χ1v) is 8.50. The second-order valence-electron chi connectivity index (χ2n) is 6.77. The zero-order chi connectivity index (χ0) is 15.1. The van der Waals surface area contributed by atoms with Gasteiger partial charge in [-0.2, -0.15) is 0 Å². The highest BCUT2D eigenvalue weighted by Crippen LogP contribution is 2.33. The van der Waals surface area contributed by atoms with Crippen LogP contribution in [-0.4, -0.2) is 64.1 Å². The second kappa shape index (κ2) is 5.63. The minimum Gasteiger partial charge on any atom is -0.308 e. The van der Waals surface area contributed by atoms with E-state index in [1.807, 2.05) is 12.3 Å². The highest BCUT2D eigenvalue weighted by atomic mass is 15.2. The fourth-order valence-corrected chi connectivity index (χ4v) is 4.05. The van der Waals surface area contributed by atoms with Gasteiger partial charge < -0.3 is 14.4 Å². The third kappa shape index (κ3) is 2.32. The summed E-state index contributed by atoms with van der Waals surface area (Å²) in [5.41, 5.74) is 2.14. The topological polar surface area (TPSA) is 37.2 Å². The van der Waals surface area contributed by atoms with E-state index in [1.54, 1.807) is 0 Å². The maximum absolute atomic E-state index is 4.98. The quantitative estimate of drug-likeness (QED) is 0.870. The molecule has 2 saturated heterocycles. The molecule has 0 aliphatic carbocycles. The summed E-state index contributed by atoms with van der Waals surface area (Å²) in [6, 6.07) is 4.63. The van der Waals surface area contributed by atoms with Crippen LogP contribution in [0.5, 0.6) is 0 Å². The molecule has 2 aliphatic rings. The largest absolute Gasteiger partial charge is 0.308 e. The fourth-order valence-electron chi connectivity index (χ4n) is 4.05. The maximum atomic E-state index is 4.98. The van der Waals surface area contributed by atoms with Gasteiger partial charge in [0.05, 0.1) is 6.04 Å². The highest BCUT2D eigenvalue weighted by molar-refractivity contribution is 5.71. The number of likely N-dealkylation sites (N-methyl/N-ethyl adjacent to an activating group) is 2. The average molecular weight is 299 g/mol. The van der Waals surface area contributed by atoms with Crippen LogP contribution in [0.2, 0.25) is 0 Å². The summed E-state index contributed by atoms with van der Waals surface area (Å²) in [6.07, 6.45) is 4.33. The first-order chi connectivity index (χ1) is 10.8. The summed E-state index contributed by atoms with van der Waals surface area (Å²) < 4.78 is 2.47. The number of nitrogens with zero attached hydrogens (tertiary/aromatic N) is 5. The molecule has 0 aromatic carbocycles. The molecule has 2 fully saturated rings. The van der Waals surface area contributed by atoms with E-state index in [2.05, 4.69) is 39.4 Å². The van der Waals surface area contributed by atoms with Gasteiger partial charge in [0.1, 0.15) is 11.3 Å². The molecule has 5 nitrogen and oxygen atoms in total. The summed E-state index contributed by atoms with van der Waals surface area (Å²) in [5.74, 6) is 1.82. The van der Waals surface area contributed by atoms with E-state index >= 15 is 0 Å². The molecule has 118 valence electrons. The number of likely N-dealkylation sites (tertiary alicyclic amines) is 2. The van der Waals surface area contributed by atoms with Crippen LogP contribution in [0.25, 0.3) is 11.2 Å². The Hall–Kier alpha value is -1.46. The molecule has 4 rings (SSSR count). The maximum Gasteiger partial charge on any atom is 0.160 e. The van der Waals surface area contributed by atoms with Gasteiger partial charge in [-0.1, -0.05) is 6.92 Å². The lowest BCUT2D eigenvalue weighted by atomic mass is 10.1. The van der Waals surface area contributed by atoms with Crippen molar-refractivity contribution in [1.29, 1.82) is 0 Å². The summed E-state index contributed by atoms with van der Waals surface area (Å²) >= 11 is 0. The lowest BCUT2D eigenvalue weighted by Gasteiger charge is -2.20. The Kier molecular flexibility index (Phi) is 3.62. The van der Waals surface area contributed by atoms with Crippen molar-refractivity contribution in [2.45, 2.75) is 31.7 Å². The summed E-state index contributed by atoms with van der Waals surface area (Å²) in [6.45, 7) is 8.00.